The minimum Gasteiger partial charge on any atom is -0.494 e. The molecule has 0 aliphatic carbocycles. The predicted octanol–water partition coefficient (Wildman–Crippen LogP) is 7.02. The highest BCUT2D eigenvalue weighted by atomic mass is 16.5. The molecule has 0 fully saturated rings. The minimum absolute atomic E-state index is 0.183. The topological polar surface area (TPSA) is 97.3 Å². The molecule has 8 heteroatoms. The lowest BCUT2D eigenvalue weighted by Crippen LogP contribution is -2.37. The van der Waals surface area contributed by atoms with Crippen LogP contribution in [0.5, 0.6) is 17.2 Å². The summed E-state index contributed by atoms with van der Waals surface area (Å²) in [6.07, 6.45) is 7.51. The standard InChI is InChI=1S/C31H46N2O6/c1-6-7-8-9-10-21-33(30(36)32-28-26(37-4)13-11-14-27(28)38-5)22-19-24-15-17-25(18-16-24)39-23-12-20-31(2,3)29(34)35/h11,13-18H,6-10,12,19-23H2,1-5H3,(H,32,36)(H,34,35). The predicted molar refractivity (Wildman–Crippen MR) is 155 cm³/mol. The summed E-state index contributed by atoms with van der Waals surface area (Å²) >= 11 is 0. The highest BCUT2D eigenvalue weighted by Gasteiger charge is 2.26. The number of benzene rings is 2. The van der Waals surface area contributed by atoms with Crippen molar-refractivity contribution in [2.24, 2.45) is 5.41 Å². The Bertz CT molecular complexity index is 1000. The summed E-state index contributed by atoms with van der Waals surface area (Å²) < 4.78 is 16.7. The number of carboxylic acids is 1. The molecule has 0 heterocycles. The molecule has 0 aliphatic rings. The minimum atomic E-state index is -0.794. The molecule has 0 bridgehead atoms. The van der Waals surface area contributed by atoms with Gasteiger partial charge >= 0.3 is 12.0 Å². The Morgan fingerprint density at radius 1 is 0.897 bits per heavy atom. The molecule has 39 heavy (non-hydrogen) atoms. The van der Waals surface area contributed by atoms with Crippen LogP contribution in [0.1, 0.15) is 71.3 Å². The molecule has 2 aromatic rings. The van der Waals surface area contributed by atoms with Crippen molar-refractivity contribution < 1.29 is 28.9 Å². The second-order valence-corrected chi connectivity index (χ2v) is 10.4. The van der Waals surface area contributed by atoms with Gasteiger partial charge in [0.15, 0.2) is 0 Å². The number of para-hydroxylation sites is 1. The first-order valence-corrected chi connectivity index (χ1v) is 13.9. The molecule has 0 saturated carbocycles. The van der Waals surface area contributed by atoms with Crippen LogP contribution >= 0.6 is 0 Å². The van der Waals surface area contributed by atoms with E-state index < -0.39 is 11.4 Å². The molecular formula is C31H46N2O6. The number of carbonyl (C=O) groups is 2. The van der Waals surface area contributed by atoms with Crippen molar-refractivity contribution in [3.63, 3.8) is 0 Å². The molecule has 0 unspecified atom stereocenters. The maximum absolute atomic E-state index is 13.4. The third-order valence-corrected chi connectivity index (χ3v) is 6.87. The highest BCUT2D eigenvalue weighted by molar-refractivity contribution is 5.93. The Labute approximate surface area is 233 Å². The van der Waals surface area contributed by atoms with E-state index in [1.807, 2.05) is 35.2 Å². The second kappa shape index (κ2) is 16.5. The number of nitrogens with one attached hydrogen (secondary N) is 1. The molecule has 0 aliphatic heterocycles. The quantitative estimate of drug-likeness (QED) is 0.197. The smallest absolute Gasteiger partial charge is 0.322 e. The van der Waals surface area contributed by atoms with Crippen molar-refractivity contribution in [2.75, 3.05) is 39.2 Å². The van der Waals surface area contributed by atoms with Gasteiger partial charge in [0, 0.05) is 13.1 Å². The van der Waals surface area contributed by atoms with Gasteiger partial charge in [0.1, 0.15) is 22.9 Å². The number of nitrogens with zero attached hydrogens (tertiary/aromatic N) is 1. The third-order valence-electron chi connectivity index (χ3n) is 6.87. The van der Waals surface area contributed by atoms with E-state index in [0.717, 1.165) is 24.2 Å². The molecule has 0 spiro atoms. The number of carbonyl (C=O) groups excluding carboxylic acids is 1. The van der Waals surface area contributed by atoms with Crippen molar-refractivity contribution in [1.82, 2.24) is 4.90 Å². The molecule has 8 nitrogen and oxygen atoms in total. The number of carboxylic acid groups (broad SMARTS) is 1. The van der Waals surface area contributed by atoms with E-state index in [9.17, 15) is 14.7 Å². The molecule has 2 aromatic carbocycles. The van der Waals surface area contributed by atoms with Gasteiger partial charge in [-0.2, -0.15) is 0 Å². The molecule has 216 valence electrons. The Morgan fingerprint density at radius 2 is 1.54 bits per heavy atom. The van der Waals surface area contributed by atoms with Crippen LogP contribution in [0.15, 0.2) is 42.5 Å². The number of unbranched alkanes of at least 4 members (excludes halogenated alkanes) is 4. The van der Waals surface area contributed by atoms with Crippen molar-refractivity contribution in [1.29, 1.82) is 0 Å². The molecule has 2 amide bonds. The van der Waals surface area contributed by atoms with Crippen LogP contribution in [0.25, 0.3) is 0 Å². The summed E-state index contributed by atoms with van der Waals surface area (Å²) in [5.41, 5.74) is 0.878. The van der Waals surface area contributed by atoms with Gasteiger partial charge in [-0.3, -0.25) is 4.79 Å². The molecule has 0 atom stereocenters. The molecule has 0 aromatic heterocycles. The van der Waals surface area contributed by atoms with Crippen LogP contribution in [-0.2, 0) is 11.2 Å². The third kappa shape index (κ3) is 10.7. The highest BCUT2D eigenvalue weighted by Crippen LogP contribution is 2.34. The number of rotatable bonds is 18. The summed E-state index contributed by atoms with van der Waals surface area (Å²) in [6, 6.07) is 13.1. The summed E-state index contributed by atoms with van der Waals surface area (Å²) in [5.74, 6) is 1.05. The first-order chi connectivity index (χ1) is 18.7. The fourth-order valence-corrected chi connectivity index (χ4v) is 4.21. The van der Waals surface area contributed by atoms with E-state index in [1.54, 1.807) is 40.2 Å². The van der Waals surface area contributed by atoms with E-state index in [2.05, 4.69) is 12.2 Å². The van der Waals surface area contributed by atoms with Gasteiger partial charge in [-0.1, -0.05) is 50.8 Å². The first-order valence-electron chi connectivity index (χ1n) is 13.9. The lowest BCUT2D eigenvalue weighted by atomic mass is 9.88. The fraction of sp³-hybridized carbons (Fsp3) is 0.548. The second-order valence-electron chi connectivity index (χ2n) is 10.4. The number of ether oxygens (including phenoxy) is 3. The number of urea groups is 1. The summed E-state index contributed by atoms with van der Waals surface area (Å²) in [6.45, 7) is 7.35. The van der Waals surface area contributed by atoms with Gasteiger partial charge in [0.25, 0.3) is 0 Å². The number of hydrogen-bond acceptors (Lipinski definition) is 5. The molecule has 0 radical (unpaired) electrons. The summed E-state index contributed by atoms with van der Waals surface area (Å²) in [4.78, 5) is 26.4. The average molecular weight is 543 g/mol. The van der Waals surface area contributed by atoms with Crippen LogP contribution in [0.4, 0.5) is 10.5 Å². The monoisotopic (exact) mass is 542 g/mol. The molecule has 0 saturated heterocycles. The number of aliphatic carboxylic acids is 1. The van der Waals surface area contributed by atoms with E-state index in [-0.39, 0.29) is 6.03 Å². The normalized spacial score (nSPS) is 11.1. The number of methoxy groups -OCH3 is 2. The van der Waals surface area contributed by atoms with Crippen LogP contribution in [0, 0.1) is 5.41 Å². The van der Waals surface area contributed by atoms with Crippen LogP contribution in [-0.4, -0.2) is 55.9 Å². The number of anilines is 1. The Morgan fingerprint density at radius 3 is 2.13 bits per heavy atom. The van der Waals surface area contributed by atoms with Gasteiger partial charge in [-0.25, -0.2) is 4.79 Å². The lowest BCUT2D eigenvalue weighted by molar-refractivity contribution is -0.147. The molecular weight excluding hydrogens is 496 g/mol. The summed E-state index contributed by atoms with van der Waals surface area (Å²) in [7, 11) is 3.14. The van der Waals surface area contributed by atoms with Crippen molar-refractivity contribution >= 4 is 17.7 Å². The maximum Gasteiger partial charge on any atom is 0.322 e. The van der Waals surface area contributed by atoms with Gasteiger partial charge in [-0.15, -0.1) is 0 Å². The van der Waals surface area contributed by atoms with Crippen molar-refractivity contribution in [3.05, 3.63) is 48.0 Å². The Balaban J connectivity index is 1.97. The zero-order valence-corrected chi connectivity index (χ0v) is 24.3. The van der Waals surface area contributed by atoms with Crippen molar-refractivity contribution in [3.8, 4) is 17.2 Å². The van der Waals surface area contributed by atoms with Crippen LogP contribution < -0.4 is 19.5 Å². The Hall–Kier alpha value is -3.42. The lowest BCUT2D eigenvalue weighted by Gasteiger charge is -2.24. The Kier molecular flexibility index (Phi) is 13.5. The van der Waals surface area contributed by atoms with E-state index in [1.165, 1.54) is 19.3 Å². The van der Waals surface area contributed by atoms with Gasteiger partial charge < -0.3 is 29.5 Å². The largest absolute Gasteiger partial charge is 0.494 e. The average Bonchev–Trinajstić information content (AvgIpc) is 2.93. The number of amides is 2. The van der Waals surface area contributed by atoms with Gasteiger partial charge in [-0.05, 0) is 69.4 Å². The molecule has 2 rings (SSSR count). The van der Waals surface area contributed by atoms with E-state index in [0.29, 0.717) is 56.1 Å². The van der Waals surface area contributed by atoms with E-state index in [4.69, 9.17) is 14.2 Å². The SMILES string of the molecule is CCCCCCCN(CCc1ccc(OCCCC(C)(C)C(=O)O)cc1)C(=O)Nc1c(OC)cccc1OC. The van der Waals surface area contributed by atoms with Gasteiger partial charge in [0.2, 0.25) is 0 Å². The van der Waals surface area contributed by atoms with Crippen molar-refractivity contribution in [2.45, 2.75) is 72.1 Å². The number of hydrogen-bond donors (Lipinski definition) is 2. The van der Waals surface area contributed by atoms with E-state index >= 15 is 0 Å². The van der Waals surface area contributed by atoms with Crippen LogP contribution in [0.2, 0.25) is 0 Å². The summed E-state index contributed by atoms with van der Waals surface area (Å²) in [5, 5.41) is 12.2. The molecule has 2 N–H and O–H groups in total. The fourth-order valence-electron chi connectivity index (χ4n) is 4.21. The zero-order valence-electron chi connectivity index (χ0n) is 24.3. The zero-order chi connectivity index (χ0) is 28.7. The maximum atomic E-state index is 13.4. The first kappa shape index (κ1) is 31.8. The van der Waals surface area contributed by atoms with Gasteiger partial charge in [0.05, 0.1) is 26.2 Å². The van der Waals surface area contributed by atoms with Crippen LogP contribution in [0.3, 0.4) is 0 Å².